The average Bonchev–Trinajstić information content (AvgIpc) is 2.36. The Kier molecular flexibility index (Phi) is 3.27. The molecule has 2 aromatic rings. The first kappa shape index (κ1) is 11.4. The van der Waals surface area contributed by atoms with Crippen LogP contribution in [0.25, 0.3) is 5.69 Å². The number of carbonyl (C=O) groups excluding carboxylic acids is 1. The lowest BCUT2D eigenvalue weighted by Crippen LogP contribution is -2.21. The Morgan fingerprint density at radius 1 is 1.29 bits per heavy atom. The molecular formula is C11H6BrN3O2. The van der Waals surface area contributed by atoms with Gasteiger partial charge >= 0.3 is 0 Å². The monoisotopic (exact) mass is 291 g/mol. The largest absolute Gasteiger partial charge is 0.288 e. The van der Waals surface area contributed by atoms with Crippen LogP contribution in [-0.4, -0.2) is 15.9 Å². The molecule has 0 fully saturated rings. The standard InChI is InChI=1S/C11H6BrN3O2/c12-10-9(13-7-16)6-14-15(11(10)17)8-4-2-1-3-5-8/h1-6H. The Hall–Kier alpha value is -2.04. The fourth-order valence-corrected chi connectivity index (χ4v) is 1.66. The third-order valence-electron chi connectivity index (χ3n) is 2.07. The van der Waals surface area contributed by atoms with Crippen molar-refractivity contribution in [2.45, 2.75) is 0 Å². The van der Waals surface area contributed by atoms with Crippen LogP contribution in [-0.2, 0) is 4.79 Å². The van der Waals surface area contributed by atoms with Crippen molar-refractivity contribution in [2.24, 2.45) is 4.99 Å². The molecule has 0 saturated heterocycles. The van der Waals surface area contributed by atoms with Crippen LogP contribution in [0.15, 0.2) is 50.8 Å². The van der Waals surface area contributed by atoms with Gasteiger partial charge in [-0.05, 0) is 28.1 Å². The highest BCUT2D eigenvalue weighted by molar-refractivity contribution is 9.10. The lowest BCUT2D eigenvalue weighted by molar-refractivity contribution is 0.565. The van der Waals surface area contributed by atoms with E-state index in [1.165, 1.54) is 17.0 Å². The summed E-state index contributed by atoms with van der Waals surface area (Å²) in [5, 5.41) is 3.93. The molecule has 0 aliphatic rings. The third-order valence-corrected chi connectivity index (χ3v) is 2.81. The van der Waals surface area contributed by atoms with Crippen molar-refractivity contribution < 1.29 is 4.79 Å². The molecule has 0 atom stereocenters. The van der Waals surface area contributed by atoms with Gasteiger partial charge < -0.3 is 0 Å². The van der Waals surface area contributed by atoms with E-state index in [4.69, 9.17) is 0 Å². The minimum Gasteiger partial charge on any atom is -0.266 e. The fourth-order valence-electron chi connectivity index (χ4n) is 1.30. The highest BCUT2D eigenvalue weighted by atomic mass is 79.9. The number of rotatable bonds is 2. The number of benzene rings is 1. The molecule has 0 saturated carbocycles. The van der Waals surface area contributed by atoms with Gasteiger partial charge in [-0.3, -0.25) is 4.79 Å². The van der Waals surface area contributed by atoms with E-state index in [1.807, 2.05) is 6.07 Å². The highest BCUT2D eigenvalue weighted by Crippen LogP contribution is 2.19. The molecule has 0 aliphatic heterocycles. The second-order valence-electron chi connectivity index (χ2n) is 3.10. The van der Waals surface area contributed by atoms with Gasteiger partial charge in [0.15, 0.2) is 0 Å². The van der Waals surface area contributed by atoms with E-state index < -0.39 is 0 Å². The summed E-state index contributed by atoms with van der Waals surface area (Å²) in [6, 6.07) is 8.95. The summed E-state index contributed by atoms with van der Waals surface area (Å²) in [5.74, 6) is 0. The molecule has 1 aromatic heterocycles. The van der Waals surface area contributed by atoms with Crippen molar-refractivity contribution in [3.63, 3.8) is 0 Å². The van der Waals surface area contributed by atoms with Crippen LogP contribution in [0.5, 0.6) is 0 Å². The maximum absolute atomic E-state index is 11.9. The first-order valence-electron chi connectivity index (χ1n) is 4.65. The molecule has 1 aromatic carbocycles. The van der Waals surface area contributed by atoms with E-state index >= 15 is 0 Å². The first-order chi connectivity index (χ1) is 8.24. The number of aliphatic imine (C=N–C) groups is 1. The van der Waals surface area contributed by atoms with Crippen LogP contribution in [0, 0.1) is 0 Å². The summed E-state index contributed by atoms with van der Waals surface area (Å²) in [4.78, 5) is 25.4. The lowest BCUT2D eigenvalue weighted by atomic mass is 10.3. The molecule has 0 bridgehead atoms. The van der Waals surface area contributed by atoms with Gasteiger partial charge in [0.25, 0.3) is 5.56 Å². The van der Waals surface area contributed by atoms with Gasteiger partial charge in [0.2, 0.25) is 6.08 Å². The molecule has 0 amide bonds. The van der Waals surface area contributed by atoms with E-state index in [9.17, 15) is 9.59 Å². The van der Waals surface area contributed by atoms with E-state index in [0.717, 1.165) is 0 Å². The van der Waals surface area contributed by atoms with E-state index in [2.05, 4.69) is 26.0 Å². The molecule has 0 radical (unpaired) electrons. The van der Waals surface area contributed by atoms with Crippen LogP contribution in [0.4, 0.5) is 5.69 Å². The smallest absolute Gasteiger partial charge is 0.266 e. The Morgan fingerprint density at radius 2 is 2.00 bits per heavy atom. The SMILES string of the molecule is O=C=Nc1cnn(-c2ccccc2)c(=O)c1Br. The van der Waals surface area contributed by atoms with Crippen molar-refractivity contribution >= 4 is 27.7 Å². The number of para-hydroxylation sites is 1. The number of isocyanates is 1. The number of hydrogen-bond acceptors (Lipinski definition) is 4. The van der Waals surface area contributed by atoms with Crippen LogP contribution < -0.4 is 5.56 Å². The average molecular weight is 292 g/mol. The van der Waals surface area contributed by atoms with Crippen molar-refractivity contribution in [3.05, 3.63) is 51.4 Å². The molecule has 6 heteroatoms. The van der Waals surface area contributed by atoms with Gasteiger partial charge in [0.05, 0.1) is 11.9 Å². The van der Waals surface area contributed by atoms with E-state index in [-0.39, 0.29) is 15.7 Å². The molecule has 17 heavy (non-hydrogen) atoms. The molecule has 2 rings (SSSR count). The molecule has 0 N–H and O–H groups in total. The Balaban J connectivity index is 2.64. The number of hydrogen-bond donors (Lipinski definition) is 0. The molecule has 0 spiro atoms. The highest BCUT2D eigenvalue weighted by Gasteiger charge is 2.09. The zero-order valence-electron chi connectivity index (χ0n) is 8.50. The van der Waals surface area contributed by atoms with Crippen molar-refractivity contribution in [2.75, 3.05) is 0 Å². The number of aromatic nitrogens is 2. The van der Waals surface area contributed by atoms with Gasteiger partial charge in [-0.1, -0.05) is 18.2 Å². The van der Waals surface area contributed by atoms with Gasteiger partial charge in [0, 0.05) is 0 Å². The zero-order valence-corrected chi connectivity index (χ0v) is 10.1. The summed E-state index contributed by atoms with van der Waals surface area (Å²) in [5.41, 5.74) is 0.421. The molecule has 0 unspecified atom stereocenters. The minimum absolute atomic E-state index is 0.164. The molecule has 0 aliphatic carbocycles. The van der Waals surface area contributed by atoms with Crippen molar-refractivity contribution in [3.8, 4) is 5.69 Å². The summed E-state index contributed by atoms with van der Waals surface area (Å²) < 4.78 is 1.40. The number of halogens is 1. The second kappa shape index (κ2) is 4.86. The lowest BCUT2D eigenvalue weighted by Gasteiger charge is -2.04. The van der Waals surface area contributed by atoms with Crippen LogP contribution in [0.1, 0.15) is 0 Å². The van der Waals surface area contributed by atoms with Gasteiger partial charge in [-0.25, -0.2) is 4.79 Å². The summed E-state index contributed by atoms with van der Waals surface area (Å²) in [7, 11) is 0. The molecular weight excluding hydrogens is 286 g/mol. The van der Waals surface area contributed by atoms with Crippen molar-refractivity contribution in [1.29, 1.82) is 0 Å². The third kappa shape index (κ3) is 2.22. The topological polar surface area (TPSA) is 64.3 Å². The summed E-state index contributed by atoms with van der Waals surface area (Å²) in [6.07, 6.45) is 2.69. The molecule has 1 heterocycles. The van der Waals surface area contributed by atoms with Gasteiger partial charge in [-0.2, -0.15) is 14.8 Å². The zero-order chi connectivity index (χ0) is 12.3. The second-order valence-corrected chi connectivity index (χ2v) is 3.89. The Bertz CT molecular complexity index is 646. The maximum atomic E-state index is 11.9. The van der Waals surface area contributed by atoms with E-state index in [1.54, 1.807) is 24.3 Å². The van der Waals surface area contributed by atoms with Gasteiger partial charge in [-0.15, -0.1) is 0 Å². The predicted molar refractivity (Wildman–Crippen MR) is 65.3 cm³/mol. The Labute approximate surface area is 105 Å². The summed E-state index contributed by atoms with van der Waals surface area (Å²) in [6.45, 7) is 0. The minimum atomic E-state index is -0.382. The van der Waals surface area contributed by atoms with Crippen LogP contribution in [0.2, 0.25) is 0 Å². The molecule has 5 nitrogen and oxygen atoms in total. The fraction of sp³-hybridized carbons (Fsp3) is 0. The van der Waals surface area contributed by atoms with Crippen LogP contribution >= 0.6 is 15.9 Å². The predicted octanol–water partition coefficient (Wildman–Crippen LogP) is 1.96. The Morgan fingerprint density at radius 3 is 2.65 bits per heavy atom. The maximum Gasteiger partial charge on any atom is 0.288 e. The quantitative estimate of drug-likeness (QED) is 0.628. The molecule has 84 valence electrons. The van der Waals surface area contributed by atoms with E-state index in [0.29, 0.717) is 5.69 Å². The number of nitrogens with zero attached hydrogens (tertiary/aromatic N) is 3. The van der Waals surface area contributed by atoms with Crippen LogP contribution in [0.3, 0.4) is 0 Å². The van der Waals surface area contributed by atoms with Gasteiger partial charge in [0.1, 0.15) is 10.2 Å². The normalized spacial score (nSPS) is 9.71. The van der Waals surface area contributed by atoms with Crippen molar-refractivity contribution in [1.82, 2.24) is 9.78 Å². The summed E-state index contributed by atoms with van der Waals surface area (Å²) >= 11 is 3.08. The first-order valence-corrected chi connectivity index (χ1v) is 5.44.